The van der Waals surface area contributed by atoms with Crippen LogP contribution in [0.15, 0.2) is 41.6 Å². The van der Waals surface area contributed by atoms with Crippen molar-refractivity contribution in [2.75, 3.05) is 26.6 Å². The van der Waals surface area contributed by atoms with Crippen LogP contribution in [0.3, 0.4) is 0 Å². The van der Waals surface area contributed by atoms with Crippen molar-refractivity contribution in [3.8, 4) is 17.2 Å². The van der Waals surface area contributed by atoms with E-state index < -0.39 is 12.1 Å². The molecule has 0 radical (unpaired) electrons. The first-order valence-corrected chi connectivity index (χ1v) is 9.75. The largest absolute Gasteiger partial charge is 0.493 e. The van der Waals surface area contributed by atoms with Crippen LogP contribution >= 0.6 is 0 Å². The minimum Gasteiger partial charge on any atom is -0.493 e. The third kappa shape index (κ3) is 4.42. The fourth-order valence-electron chi connectivity index (χ4n) is 3.66. The summed E-state index contributed by atoms with van der Waals surface area (Å²) in [5.74, 6) is 0.958. The van der Waals surface area contributed by atoms with Gasteiger partial charge in [-0.15, -0.1) is 0 Å². The highest BCUT2D eigenvalue weighted by Gasteiger charge is 2.33. The molecule has 0 unspecified atom stereocenters. The van der Waals surface area contributed by atoms with Crippen LogP contribution in [-0.4, -0.2) is 33.3 Å². The highest BCUT2D eigenvalue weighted by molar-refractivity contribution is 6.07. The predicted octanol–water partition coefficient (Wildman–Crippen LogP) is 3.60. The Morgan fingerprint density at radius 3 is 2.16 bits per heavy atom. The molecule has 0 aliphatic carbocycles. The molecular weight excluding hydrogens is 398 g/mol. The van der Waals surface area contributed by atoms with Crippen LogP contribution in [0.2, 0.25) is 0 Å². The van der Waals surface area contributed by atoms with E-state index >= 15 is 0 Å². The number of ether oxygens (including phenoxy) is 3. The molecule has 8 nitrogen and oxygen atoms in total. The van der Waals surface area contributed by atoms with E-state index in [4.69, 9.17) is 14.2 Å². The number of hydrogen-bond acceptors (Lipinski definition) is 5. The summed E-state index contributed by atoms with van der Waals surface area (Å²) < 4.78 is 16.2. The number of nitrogens with one attached hydrogen (secondary N) is 3. The van der Waals surface area contributed by atoms with Gasteiger partial charge in [0.15, 0.2) is 11.5 Å². The molecule has 1 aliphatic rings. The van der Waals surface area contributed by atoms with Gasteiger partial charge < -0.3 is 30.2 Å². The molecule has 31 heavy (non-hydrogen) atoms. The lowest BCUT2D eigenvalue weighted by Gasteiger charge is -2.29. The van der Waals surface area contributed by atoms with Gasteiger partial charge in [0.05, 0.1) is 32.9 Å². The zero-order valence-corrected chi connectivity index (χ0v) is 18.5. The number of urea groups is 1. The summed E-state index contributed by atoms with van der Waals surface area (Å²) >= 11 is 0. The molecular formula is C23H27N3O5. The summed E-state index contributed by atoms with van der Waals surface area (Å²) in [7, 11) is 4.53. The first kappa shape index (κ1) is 22.0. The maximum absolute atomic E-state index is 13.3. The molecule has 0 saturated heterocycles. The zero-order chi connectivity index (χ0) is 22.7. The average molecular weight is 425 g/mol. The van der Waals surface area contributed by atoms with E-state index in [1.165, 1.54) is 21.3 Å². The predicted molar refractivity (Wildman–Crippen MR) is 118 cm³/mol. The smallest absolute Gasteiger partial charge is 0.319 e. The van der Waals surface area contributed by atoms with Crippen molar-refractivity contribution in [3.05, 3.63) is 58.3 Å². The molecule has 0 bridgehead atoms. The lowest BCUT2D eigenvalue weighted by Crippen LogP contribution is -2.46. The summed E-state index contributed by atoms with van der Waals surface area (Å²) in [5, 5.41) is 8.46. The third-order valence-electron chi connectivity index (χ3n) is 5.16. The molecule has 3 amide bonds. The van der Waals surface area contributed by atoms with Crippen LogP contribution in [0.5, 0.6) is 17.2 Å². The van der Waals surface area contributed by atoms with Gasteiger partial charge in [0.25, 0.3) is 5.91 Å². The number of rotatable bonds is 6. The summed E-state index contributed by atoms with van der Waals surface area (Å²) in [4.78, 5) is 25.5. The topological polar surface area (TPSA) is 97.9 Å². The van der Waals surface area contributed by atoms with Crippen LogP contribution in [0, 0.1) is 13.8 Å². The number of carbonyl (C=O) groups excluding carboxylic acids is 2. The Morgan fingerprint density at radius 2 is 1.61 bits per heavy atom. The second kappa shape index (κ2) is 8.99. The molecule has 3 N–H and O–H groups in total. The fraction of sp³-hybridized carbons (Fsp3) is 0.304. The molecule has 8 heteroatoms. The summed E-state index contributed by atoms with van der Waals surface area (Å²) in [6.07, 6.45) is 0. The first-order valence-electron chi connectivity index (χ1n) is 9.75. The van der Waals surface area contributed by atoms with Gasteiger partial charge in [-0.1, -0.05) is 17.7 Å². The van der Waals surface area contributed by atoms with Gasteiger partial charge in [-0.25, -0.2) is 4.79 Å². The average Bonchev–Trinajstić information content (AvgIpc) is 2.73. The molecule has 1 atom stereocenters. The molecule has 0 spiro atoms. The highest BCUT2D eigenvalue weighted by atomic mass is 16.5. The lowest BCUT2D eigenvalue weighted by atomic mass is 9.94. The van der Waals surface area contributed by atoms with Gasteiger partial charge in [-0.05, 0) is 50.1 Å². The van der Waals surface area contributed by atoms with E-state index in [1.807, 2.05) is 32.0 Å². The van der Waals surface area contributed by atoms with Gasteiger partial charge in [0.2, 0.25) is 5.75 Å². The molecule has 3 rings (SSSR count). The highest BCUT2D eigenvalue weighted by Crippen LogP contribution is 2.41. The Bertz CT molecular complexity index is 1040. The molecule has 1 heterocycles. The van der Waals surface area contributed by atoms with E-state index in [0.717, 1.165) is 11.1 Å². The van der Waals surface area contributed by atoms with Crippen molar-refractivity contribution < 1.29 is 23.8 Å². The number of allylic oxidation sites excluding steroid dienone is 1. The van der Waals surface area contributed by atoms with Gasteiger partial charge in [0, 0.05) is 11.4 Å². The van der Waals surface area contributed by atoms with Crippen molar-refractivity contribution in [2.24, 2.45) is 0 Å². The maximum Gasteiger partial charge on any atom is 0.319 e. The minimum absolute atomic E-state index is 0.323. The number of methoxy groups -OCH3 is 3. The zero-order valence-electron chi connectivity index (χ0n) is 18.5. The maximum atomic E-state index is 13.3. The second-order valence-corrected chi connectivity index (χ2v) is 7.30. The fourth-order valence-corrected chi connectivity index (χ4v) is 3.66. The lowest BCUT2D eigenvalue weighted by molar-refractivity contribution is -0.113. The van der Waals surface area contributed by atoms with Gasteiger partial charge in [-0.3, -0.25) is 4.79 Å². The first-order chi connectivity index (χ1) is 14.8. The molecule has 2 aromatic carbocycles. The number of hydrogen-bond donors (Lipinski definition) is 3. The Morgan fingerprint density at radius 1 is 0.968 bits per heavy atom. The number of benzene rings is 2. The van der Waals surface area contributed by atoms with Crippen molar-refractivity contribution >= 4 is 17.6 Å². The molecule has 0 fully saturated rings. The standard InChI is InChI=1S/C23H27N3O5/c1-12-7-8-16(13(2)9-12)25-22(27)19-14(3)24-23(28)26-20(19)15-10-17(29-4)21(31-6)18(11-15)30-5/h7-11,20H,1-6H3,(H,25,27)(H2,24,26,28)/t20-/m1/s1. The van der Waals surface area contributed by atoms with Crippen LogP contribution in [0.4, 0.5) is 10.5 Å². The van der Waals surface area contributed by atoms with Crippen LogP contribution in [0.25, 0.3) is 0 Å². The third-order valence-corrected chi connectivity index (χ3v) is 5.16. The van der Waals surface area contributed by atoms with Crippen molar-refractivity contribution in [2.45, 2.75) is 26.8 Å². The Kier molecular flexibility index (Phi) is 6.39. The van der Waals surface area contributed by atoms with Crippen LogP contribution in [-0.2, 0) is 4.79 Å². The molecule has 0 saturated carbocycles. The molecule has 0 aromatic heterocycles. The van der Waals surface area contributed by atoms with E-state index in [0.29, 0.717) is 39.8 Å². The van der Waals surface area contributed by atoms with Gasteiger partial charge in [0.1, 0.15) is 0 Å². The number of carbonyl (C=O) groups is 2. The van der Waals surface area contributed by atoms with E-state index in [9.17, 15) is 9.59 Å². The van der Waals surface area contributed by atoms with E-state index in [-0.39, 0.29) is 5.91 Å². The van der Waals surface area contributed by atoms with Crippen molar-refractivity contribution in [1.29, 1.82) is 0 Å². The normalized spacial score (nSPS) is 15.7. The Labute approximate surface area is 181 Å². The second-order valence-electron chi connectivity index (χ2n) is 7.30. The van der Waals surface area contributed by atoms with Crippen LogP contribution in [0.1, 0.15) is 29.7 Å². The quantitative estimate of drug-likeness (QED) is 0.657. The van der Waals surface area contributed by atoms with Crippen LogP contribution < -0.4 is 30.2 Å². The number of amides is 3. The van der Waals surface area contributed by atoms with E-state index in [2.05, 4.69) is 16.0 Å². The Hall–Kier alpha value is -3.68. The van der Waals surface area contributed by atoms with Crippen molar-refractivity contribution in [1.82, 2.24) is 10.6 Å². The molecule has 2 aromatic rings. The summed E-state index contributed by atoms with van der Waals surface area (Å²) in [6.45, 7) is 5.62. The Balaban J connectivity index is 2.05. The van der Waals surface area contributed by atoms with Gasteiger partial charge >= 0.3 is 6.03 Å². The SMILES string of the molecule is COc1cc([C@H]2NC(=O)NC(C)=C2C(=O)Nc2ccc(C)cc2C)cc(OC)c1OC. The number of anilines is 1. The minimum atomic E-state index is -0.715. The monoisotopic (exact) mass is 425 g/mol. The number of aryl methyl sites for hydroxylation is 2. The van der Waals surface area contributed by atoms with Gasteiger partial charge in [-0.2, -0.15) is 0 Å². The summed E-state index contributed by atoms with van der Waals surface area (Å²) in [6, 6.07) is 8.11. The molecule has 1 aliphatic heterocycles. The summed E-state index contributed by atoms with van der Waals surface area (Å²) in [5.41, 5.74) is 4.22. The van der Waals surface area contributed by atoms with E-state index in [1.54, 1.807) is 19.1 Å². The van der Waals surface area contributed by atoms with Crippen molar-refractivity contribution in [3.63, 3.8) is 0 Å². The molecule has 164 valence electrons.